The number of halogens is 2. The summed E-state index contributed by atoms with van der Waals surface area (Å²) in [6.07, 6.45) is -1.57. The number of methoxy groups -OCH3 is 2. The fourth-order valence-electron chi connectivity index (χ4n) is 6.82. The van der Waals surface area contributed by atoms with Crippen molar-refractivity contribution in [3.8, 4) is 23.0 Å². The fraction of sp³-hybridized carbons (Fsp3) is 0.388. The Morgan fingerprint density at radius 2 is 1.12 bits per heavy atom. The molecule has 362 valence electrons. The van der Waals surface area contributed by atoms with Crippen LogP contribution in [0, 0.1) is 11.6 Å². The molecule has 6 rings (SSSR count). The van der Waals surface area contributed by atoms with Crippen molar-refractivity contribution in [1.29, 1.82) is 0 Å². The number of nitrogens with zero attached hydrogens (tertiary/aromatic N) is 2. The van der Waals surface area contributed by atoms with Crippen LogP contribution >= 0.6 is 0 Å². The zero-order valence-electron chi connectivity index (χ0n) is 39.8. The van der Waals surface area contributed by atoms with Gasteiger partial charge in [0.2, 0.25) is 11.8 Å². The van der Waals surface area contributed by atoms with Gasteiger partial charge in [-0.2, -0.15) is 0 Å². The number of benzene rings is 4. The van der Waals surface area contributed by atoms with Gasteiger partial charge in [-0.15, -0.1) is 0 Å². The third-order valence-corrected chi connectivity index (χ3v) is 9.90. The number of carbonyl (C=O) groups is 6. The van der Waals surface area contributed by atoms with Crippen LogP contribution in [0.2, 0.25) is 0 Å². The summed E-state index contributed by atoms with van der Waals surface area (Å²) in [5.74, 6) is -4.69. The fourth-order valence-corrected chi connectivity index (χ4v) is 6.82. The van der Waals surface area contributed by atoms with E-state index in [0.29, 0.717) is 28.4 Å². The molecule has 0 spiro atoms. The van der Waals surface area contributed by atoms with Gasteiger partial charge in [-0.3, -0.25) is 28.8 Å². The van der Waals surface area contributed by atoms with E-state index in [9.17, 15) is 37.5 Å². The first-order valence-electron chi connectivity index (χ1n) is 21.8. The van der Waals surface area contributed by atoms with Gasteiger partial charge in [0.25, 0.3) is 11.8 Å². The van der Waals surface area contributed by atoms with Crippen LogP contribution in [0.4, 0.5) is 8.78 Å². The van der Waals surface area contributed by atoms with Crippen LogP contribution in [0.3, 0.4) is 0 Å². The van der Waals surface area contributed by atoms with Crippen molar-refractivity contribution in [2.75, 3.05) is 14.2 Å². The largest absolute Gasteiger partial charge is 0.497 e. The second-order valence-corrected chi connectivity index (χ2v) is 15.4. The molecule has 2 aliphatic rings. The summed E-state index contributed by atoms with van der Waals surface area (Å²) in [6.45, 7) is 8.52. The molecule has 2 aliphatic heterocycles. The van der Waals surface area contributed by atoms with Crippen LogP contribution in [-0.2, 0) is 50.2 Å². The predicted octanol–water partition coefficient (Wildman–Crippen LogP) is 7.10. The predicted molar refractivity (Wildman–Crippen MR) is 243 cm³/mol. The lowest BCUT2D eigenvalue weighted by molar-refractivity contribution is -0.155. The van der Waals surface area contributed by atoms with Gasteiger partial charge in [-0.1, -0.05) is 33.4 Å². The van der Waals surface area contributed by atoms with Crippen LogP contribution in [0.15, 0.2) is 72.8 Å². The molecule has 0 unspecified atom stereocenters. The number of ether oxygens (including phenoxy) is 5. The number of primary amides is 2. The molecule has 4 amide bonds. The number of aliphatic carboxylic acids is 1. The molecule has 16 nitrogen and oxygen atoms in total. The Balaban J connectivity index is 0.000000350. The number of esters is 1. The van der Waals surface area contributed by atoms with Crippen LogP contribution in [0.5, 0.6) is 23.0 Å². The third-order valence-electron chi connectivity index (χ3n) is 9.90. The van der Waals surface area contributed by atoms with Crippen molar-refractivity contribution in [2.45, 2.75) is 112 Å². The second kappa shape index (κ2) is 24.3. The number of carbonyl (C=O) groups excluding carboxylic acids is 5. The van der Waals surface area contributed by atoms with Crippen LogP contribution < -0.4 is 30.4 Å². The van der Waals surface area contributed by atoms with E-state index in [1.807, 2.05) is 13.8 Å². The first-order chi connectivity index (χ1) is 32.0. The maximum Gasteiger partial charge on any atom is 0.306 e. The average Bonchev–Trinajstić information content (AvgIpc) is 3.84. The van der Waals surface area contributed by atoms with Gasteiger partial charge in [0.05, 0.1) is 30.1 Å². The number of fused-ring (bicyclic) bond motifs is 2. The van der Waals surface area contributed by atoms with Crippen molar-refractivity contribution in [3.05, 3.63) is 118 Å². The quantitative estimate of drug-likeness (QED) is 0.0850. The Labute approximate surface area is 391 Å². The number of carboxylic acids is 1. The Hall–Kier alpha value is -7.24. The zero-order chi connectivity index (χ0) is 50.7. The van der Waals surface area contributed by atoms with E-state index in [0.717, 1.165) is 9.80 Å². The zero-order valence-corrected chi connectivity index (χ0v) is 37.8. The van der Waals surface area contributed by atoms with Gasteiger partial charge in [-0.05, 0) is 94.3 Å². The molecule has 0 fully saturated rings. The highest BCUT2D eigenvalue weighted by atomic mass is 19.1. The molecule has 0 radical (unpaired) electrons. The topological polar surface area (TPSA) is 227 Å². The number of amides is 4. The molecular weight excluding hydrogens is 875 g/mol. The maximum absolute atomic E-state index is 14.2. The molecule has 0 saturated carbocycles. The second-order valence-electron chi connectivity index (χ2n) is 15.4. The summed E-state index contributed by atoms with van der Waals surface area (Å²) in [7, 11) is 2.93. The highest BCUT2D eigenvalue weighted by Crippen LogP contribution is 2.35. The van der Waals surface area contributed by atoms with E-state index in [2.05, 4.69) is 0 Å². The monoisotopic (exact) mass is 936 g/mol. The molecule has 4 aromatic rings. The van der Waals surface area contributed by atoms with Gasteiger partial charge in [0, 0.05) is 46.2 Å². The van der Waals surface area contributed by atoms with E-state index in [1.54, 1.807) is 51.1 Å². The summed E-state index contributed by atoms with van der Waals surface area (Å²) in [5.41, 5.74) is 11.9. The molecule has 0 aliphatic carbocycles. The van der Waals surface area contributed by atoms with E-state index >= 15 is 0 Å². The molecule has 4 aromatic carbocycles. The minimum atomic E-state index is -2.23. The molecule has 5 N–H and O–H groups in total. The van der Waals surface area contributed by atoms with Crippen molar-refractivity contribution in [3.63, 3.8) is 0 Å². The number of nitrogens with two attached hydrogens (primary N) is 2. The van der Waals surface area contributed by atoms with Gasteiger partial charge in [-0.25, -0.2) is 8.78 Å². The standard InChI is InChI=1S/C25H29FN2O6.C21H21FN2O6.C2H6.CH4/c1-25(2,3)34-22(29)11-10-20(23(27)30)28-13-18-17(24(28)31)6-5-7-21(18)33-14-15-12-16(32-4)8-9-19(15)26;1-29-13-5-6-16(22)12(9-13)11-30-18-4-2-3-14-15(18)10-24(21(14)28)17(20(23)27)7-8-19(25)26;1-2;/h5-9,12,20H,10-11,13-14H2,1-4H3,(H2,27,30);2-6,9,17H,7-8,10-11H2,1H3,(H2,23,27)(H,25,26);1-2H3;1H4/t20-;17-;;/m00../s1/i20D;17D;;. The summed E-state index contributed by atoms with van der Waals surface area (Å²) in [5, 5.41) is 8.92. The normalized spacial score (nSPS) is 14.6. The summed E-state index contributed by atoms with van der Waals surface area (Å²) in [6, 6.07) is 13.5. The summed E-state index contributed by atoms with van der Waals surface area (Å²) >= 11 is 0. The van der Waals surface area contributed by atoms with Crippen molar-refractivity contribution < 1.29 is 69.1 Å². The van der Waals surface area contributed by atoms with Gasteiger partial charge >= 0.3 is 11.9 Å². The molecule has 0 bridgehead atoms. The van der Waals surface area contributed by atoms with Gasteiger partial charge in [0.1, 0.15) is 65.5 Å². The number of rotatable bonds is 18. The Kier molecular flexibility index (Phi) is 18.4. The molecule has 67 heavy (non-hydrogen) atoms. The smallest absolute Gasteiger partial charge is 0.306 e. The average molecular weight is 937 g/mol. The van der Waals surface area contributed by atoms with E-state index in [1.165, 1.54) is 56.7 Å². The minimum absolute atomic E-state index is 0. The summed E-state index contributed by atoms with van der Waals surface area (Å²) < 4.78 is 72.4. The Bertz CT molecular complexity index is 2540. The lowest BCUT2D eigenvalue weighted by Crippen LogP contribution is -2.45. The SMILES string of the molecule is C.CC.[2H][C@](CCC(=O)O)(C(N)=O)N1Cc2c(OCc3cc(OC)ccc3F)cccc2C1=O.[2H][C@](CCC(=O)OC(C)(C)C)(C(N)=O)N1Cc2c(OCc3cc(OC)ccc3F)cccc2C1=O. The molecular formula is C49H60F2N4O12. The molecule has 0 aromatic heterocycles. The van der Waals surface area contributed by atoms with Gasteiger partial charge in [0.15, 0.2) is 0 Å². The van der Waals surface area contributed by atoms with Crippen molar-refractivity contribution >= 4 is 35.6 Å². The molecule has 0 saturated heterocycles. The lowest BCUT2D eigenvalue weighted by Gasteiger charge is -2.26. The highest BCUT2D eigenvalue weighted by Gasteiger charge is 2.39. The van der Waals surface area contributed by atoms with Crippen LogP contribution in [-0.4, -0.2) is 82.3 Å². The van der Waals surface area contributed by atoms with Crippen LogP contribution in [0.1, 0.15) is 113 Å². The first kappa shape index (κ1) is 50.8. The maximum atomic E-state index is 14.2. The summed E-state index contributed by atoms with van der Waals surface area (Å²) in [4.78, 5) is 75.3. The number of hydrogen-bond acceptors (Lipinski definition) is 11. The molecule has 18 heteroatoms. The third kappa shape index (κ3) is 14.1. The van der Waals surface area contributed by atoms with E-state index in [-0.39, 0.29) is 74.6 Å². The molecule has 2 atom stereocenters. The van der Waals surface area contributed by atoms with Gasteiger partial charge < -0.3 is 50.1 Å². The molecule has 2 heterocycles. The van der Waals surface area contributed by atoms with Crippen molar-refractivity contribution in [1.82, 2.24) is 9.80 Å². The number of carboxylic acid groups (broad SMARTS) is 1. The van der Waals surface area contributed by atoms with E-state index < -0.39 is 77.7 Å². The number of hydrogen-bond donors (Lipinski definition) is 3. The minimum Gasteiger partial charge on any atom is -0.497 e. The first-order valence-corrected chi connectivity index (χ1v) is 20.8. The van der Waals surface area contributed by atoms with Crippen LogP contribution in [0.25, 0.3) is 0 Å². The Morgan fingerprint density at radius 1 is 0.716 bits per heavy atom. The Morgan fingerprint density at radius 3 is 1.48 bits per heavy atom. The lowest BCUT2D eigenvalue weighted by atomic mass is 10.1. The van der Waals surface area contributed by atoms with E-state index in [4.69, 9.17) is 43.0 Å². The van der Waals surface area contributed by atoms with Crippen molar-refractivity contribution in [2.24, 2.45) is 11.5 Å². The highest BCUT2D eigenvalue weighted by molar-refractivity contribution is 6.02.